The van der Waals surface area contributed by atoms with E-state index in [4.69, 9.17) is 0 Å². The molecule has 0 unspecified atom stereocenters. The molecule has 2 aliphatic rings. The minimum atomic E-state index is -4.06. The molecule has 1 saturated heterocycles. The normalized spacial score (nSPS) is 21.9. The Morgan fingerprint density at radius 1 is 0.857 bits per heavy atom. The zero-order valence-corrected chi connectivity index (χ0v) is 12.8. The first-order chi connectivity index (χ1) is 10.0. The van der Waals surface area contributed by atoms with Gasteiger partial charge in [-0.3, -0.25) is 4.90 Å². The Kier molecular flexibility index (Phi) is 6.76. The van der Waals surface area contributed by atoms with Crippen LogP contribution in [-0.4, -0.2) is 67.8 Å². The van der Waals surface area contributed by atoms with Gasteiger partial charge in [0.25, 0.3) is 0 Å². The molecule has 0 bridgehead atoms. The maximum absolute atomic E-state index is 12.3. The molecule has 0 spiro atoms. The molecule has 0 radical (unpaired) electrons. The van der Waals surface area contributed by atoms with E-state index < -0.39 is 12.7 Å². The fourth-order valence-corrected chi connectivity index (χ4v) is 2.83. The lowest BCUT2D eigenvalue weighted by molar-refractivity contribution is -0.149. The van der Waals surface area contributed by atoms with Gasteiger partial charge in [0.15, 0.2) is 0 Å². The highest BCUT2D eigenvalue weighted by Gasteiger charge is 2.31. The number of rotatable bonds is 9. The highest BCUT2D eigenvalue weighted by atomic mass is 19.4. The van der Waals surface area contributed by atoms with Crippen molar-refractivity contribution in [2.45, 2.75) is 50.7 Å². The summed E-state index contributed by atoms with van der Waals surface area (Å²) in [4.78, 5) is 3.81. The van der Waals surface area contributed by atoms with Crippen LogP contribution in [-0.2, 0) is 0 Å². The fraction of sp³-hybridized carbons (Fsp3) is 1.00. The van der Waals surface area contributed by atoms with Crippen LogP contribution in [0.5, 0.6) is 0 Å². The lowest BCUT2D eigenvalue weighted by Crippen LogP contribution is -2.49. The highest BCUT2D eigenvalue weighted by molar-refractivity contribution is 4.80. The first-order valence-corrected chi connectivity index (χ1v) is 8.28. The molecule has 124 valence electrons. The number of piperazine rings is 1. The number of hydrogen-bond acceptors (Lipinski definition) is 3. The van der Waals surface area contributed by atoms with Crippen molar-refractivity contribution in [1.82, 2.24) is 15.1 Å². The van der Waals surface area contributed by atoms with Gasteiger partial charge in [-0.1, -0.05) is 12.8 Å². The molecular weight excluding hydrogens is 279 g/mol. The lowest BCUT2D eigenvalue weighted by Gasteiger charge is -2.34. The molecule has 0 amide bonds. The van der Waals surface area contributed by atoms with Crippen molar-refractivity contribution in [3.05, 3.63) is 0 Å². The molecule has 2 rings (SSSR count). The summed E-state index contributed by atoms with van der Waals surface area (Å²) >= 11 is 0. The third-order valence-corrected chi connectivity index (χ3v) is 4.28. The number of nitrogens with one attached hydrogen (secondary N) is 1. The van der Waals surface area contributed by atoms with Crippen molar-refractivity contribution in [3.63, 3.8) is 0 Å². The van der Waals surface area contributed by atoms with E-state index in [-0.39, 0.29) is 0 Å². The summed E-state index contributed by atoms with van der Waals surface area (Å²) in [6, 6.07) is 0.804. The molecule has 2 fully saturated rings. The molecule has 1 aliphatic heterocycles. The SMILES string of the molecule is FC(F)(F)CN1CCN(CCCCCCNC2CC2)CC1. The summed E-state index contributed by atoms with van der Waals surface area (Å²) in [5, 5.41) is 3.51. The van der Waals surface area contributed by atoms with Gasteiger partial charge in [0.05, 0.1) is 6.54 Å². The molecule has 1 aliphatic carbocycles. The number of unbranched alkanes of at least 4 members (excludes halogenated alkanes) is 3. The molecule has 0 atom stereocenters. The molecule has 1 N–H and O–H groups in total. The highest BCUT2D eigenvalue weighted by Crippen LogP contribution is 2.19. The van der Waals surface area contributed by atoms with Gasteiger partial charge >= 0.3 is 6.18 Å². The Bertz CT molecular complexity index is 284. The van der Waals surface area contributed by atoms with Crippen LogP contribution < -0.4 is 5.32 Å². The maximum Gasteiger partial charge on any atom is 0.401 e. The van der Waals surface area contributed by atoms with Crippen LogP contribution in [0, 0.1) is 0 Å². The third-order valence-electron chi connectivity index (χ3n) is 4.28. The van der Waals surface area contributed by atoms with Crippen LogP contribution in [0.2, 0.25) is 0 Å². The van der Waals surface area contributed by atoms with Crippen LogP contribution in [0.1, 0.15) is 38.5 Å². The standard InChI is InChI=1S/C15H28F3N3/c16-15(17,18)13-21-11-9-20(10-12-21)8-4-2-1-3-7-19-14-5-6-14/h14,19H,1-13H2. The number of nitrogens with zero attached hydrogens (tertiary/aromatic N) is 2. The van der Waals surface area contributed by atoms with Gasteiger partial charge in [-0.2, -0.15) is 13.2 Å². The lowest BCUT2D eigenvalue weighted by atomic mass is 10.1. The van der Waals surface area contributed by atoms with E-state index in [0.717, 1.165) is 32.2 Å². The Morgan fingerprint density at radius 2 is 1.48 bits per heavy atom. The summed E-state index contributed by atoms with van der Waals surface area (Å²) in [7, 11) is 0. The van der Waals surface area contributed by atoms with E-state index in [9.17, 15) is 13.2 Å². The van der Waals surface area contributed by atoms with Gasteiger partial charge < -0.3 is 10.2 Å². The van der Waals surface area contributed by atoms with Crippen LogP contribution >= 0.6 is 0 Å². The van der Waals surface area contributed by atoms with Gasteiger partial charge in [-0.05, 0) is 38.8 Å². The first-order valence-electron chi connectivity index (χ1n) is 8.28. The molecule has 1 heterocycles. The van der Waals surface area contributed by atoms with E-state index in [1.807, 2.05) is 0 Å². The second-order valence-electron chi connectivity index (χ2n) is 6.38. The van der Waals surface area contributed by atoms with Crippen molar-refractivity contribution < 1.29 is 13.2 Å². The Balaban J connectivity index is 1.41. The zero-order chi connectivity index (χ0) is 15.1. The molecular formula is C15H28F3N3. The van der Waals surface area contributed by atoms with Crippen LogP contribution in [0.4, 0.5) is 13.2 Å². The van der Waals surface area contributed by atoms with Crippen LogP contribution in [0.25, 0.3) is 0 Å². The molecule has 0 aromatic carbocycles. The van der Waals surface area contributed by atoms with Crippen molar-refractivity contribution >= 4 is 0 Å². The Morgan fingerprint density at radius 3 is 2.10 bits per heavy atom. The maximum atomic E-state index is 12.3. The van der Waals surface area contributed by atoms with E-state index in [1.165, 1.54) is 43.4 Å². The first kappa shape index (κ1) is 17.0. The molecule has 0 aromatic rings. The van der Waals surface area contributed by atoms with Gasteiger partial charge in [-0.25, -0.2) is 0 Å². The molecule has 3 nitrogen and oxygen atoms in total. The predicted octanol–water partition coefficient (Wildman–Crippen LogP) is 2.48. The van der Waals surface area contributed by atoms with E-state index in [2.05, 4.69) is 10.2 Å². The third kappa shape index (κ3) is 8.02. The van der Waals surface area contributed by atoms with Gasteiger partial charge in [0.2, 0.25) is 0 Å². The van der Waals surface area contributed by atoms with Gasteiger partial charge in [0, 0.05) is 32.2 Å². The van der Waals surface area contributed by atoms with Crippen LogP contribution in [0.15, 0.2) is 0 Å². The summed E-state index contributed by atoms with van der Waals surface area (Å²) < 4.78 is 36.8. The molecule has 21 heavy (non-hydrogen) atoms. The minimum absolute atomic E-state index is 0.546. The second-order valence-corrected chi connectivity index (χ2v) is 6.38. The summed E-state index contributed by atoms with van der Waals surface area (Å²) in [5.74, 6) is 0. The monoisotopic (exact) mass is 307 g/mol. The zero-order valence-electron chi connectivity index (χ0n) is 12.8. The number of halogens is 3. The molecule has 6 heteroatoms. The summed E-state index contributed by atoms with van der Waals surface area (Å²) in [5.41, 5.74) is 0. The Labute approximate surface area is 125 Å². The minimum Gasteiger partial charge on any atom is -0.314 e. The summed E-state index contributed by atoms with van der Waals surface area (Å²) in [6.45, 7) is 4.07. The fourth-order valence-electron chi connectivity index (χ4n) is 2.83. The number of hydrogen-bond donors (Lipinski definition) is 1. The average molecular weight is 307 g/mol. The number of alkyl halides is 3. The quantitative estimate of drug-likeness (QED) is 0.660. The van der Waals surface area contributed by atoms with Crippen molar-refractivity contribution in [3.8, 4) is 0 Å². The largest absolute Gasteiger partial charge is 0.401 e. The molecule has 0 aromatic heterocycles. The van der Waals surface area contributed by atoms with Gasteiger partial charge in [-0.15, -0.1) is 0 Å². The average Bonchev–Trinajstić information content (AvgIpc) is 3.22. The van der Waals surface area contributed by atoms with Crippen molar-refractivity contribution in [1.29, 1.82) is 0 Å². The Hall–Kier alpha value is -0.330. The predicted molar refractivity (Wildman–Crippen MR) is 78.4 cm³/mol. The van der Waals surface area contributed by atoms with Crippen LogP contribution in [0.3, 0.4) is 0 Å². The van der Waals surface area contributed by atoms with Gasteiger partial charge in [0.1, 0.15) is 0 Å². The van der Waals surface area contributed by atoms with Crippen molar-refractivity contribution in [2.24, 2.45) is 0 Å². The molecule has 1 saturated carbocycles. The second kappa shape index (κ2) is 8.34. The summed E-state index contributed by atoms with van der Waals surface area (Å²) in [6.07, 6.45) is 3.54. The van der Waals surface area contributed by atoms with E-state index in [0.29, 0.717) is 13.1 Å². The smallest absolute Gasteiger partial charge is 0.314 e. The topological polar surface area (TPSA) is 18.5 Å². The van der Waals surface area contributed by atoms with E-state index in [1.54, 1.807) is 0 Å². The van der Waals surface area contributed by atoms with Crippen molar-refractivity contribution in [2.75, 3.05) is 45.8 Å². The van der Waals surface area contributed by atoms with E-state index >= 15 is 0 Å².